The third-order valence-corrected chi connectivity index (χ3v) is 3.87. The molecule has 5 heteroatoms. The van der Waals surface area contributed by atoms with Gasteiger partial charge in [0.2, 0.25) is 0 Å². The lowest BCUT2D eigenvalue weighted by atomic mass is 10.1. The van der Waals surface area contributed by atoms with Gasteiger partial charge in [0.05, 0.1) is 12.3 Å². The topological polar surface area (TPSA) is 64.3 Å². The number of hydrogen-bond acceptors (Lipinski definition) is 3. The number of ether oxygens (including phenoxy) is 1. The van der Waals surface area contributed by atoms with Crippen molar-refractivity contribution < 1.29 is 13.9 Å². The normalized spacial score (nSPS) is 10.5. The first-order valence-electron chi connectivity index (χ1n) is 8.69. The minimum Gasteiger partial charge on any atom is -0.494 e. The van der Waals surface area contributed by atoms with Gasteiger partial charge in [-0.05, 0) is 48.9 Å². The Labute approximate surface area is 148 Å². The van der Waals surface area contributed by atoms with Crippen LogP contribution in [-0.4, -0.2) is 12.5 Å². The summed E-state index contributed by atoms with van der Waals surface area (Å²) in [5, 5.41) is 2.52. The zero-order valence-electron chi connectivity index (χ0n) is 14.6. The van der Waals surface area contributed by atoms with Crippen LogP contribution in [0.25, 0.3) is 0 Å². The Bertz CT molecular complexity index is 687. The summed E-state index contributed by atoms with van der Waals surface area (Å²) in [6, 6.07) is 10.9. The fraction of sp³-hybridized carbons (Fsp3) is 0.350. The second-order valence-electron chi connectivity index (χ2n) is 5.98. The molecule has 0 heterocycles. The minimum absolute atomic E-state index is 0.0670. The molecule has 0 aliphatic rings. The second-order valence-corrected chi connectivity index (χ2v) is 5.98. The van der Waals surface area contributed by atoms with E-state index < -0.39 is 11.7 Å². The molecule has 134 valence electrons. The standard InChI is InChI=1S/C20H25FN2O2/c1-2-3-4-5-6-13-25-17-10-7-15(8-11-17)20(24)23-19-14-16(22)9-12-18(19)21/h7-12,14H,2-6,13,22H2,1H3,(H,23,24). The average Bonchev–Trinajstić information content (AvgIpc) is 2.61. The molecule has 0 radical (unpaired) electrons. The van der Waals surface area contributed by atoms with Crippen LogP contribution in [0, 0.1) is 5.82 Å². The molecule has 0 fully saturated rings. The van der Waals surface area contributed by atoms with Crippen LogP contribution in [0.5, 0.6) is 5.75 Å². The number of unbranched alkanes of at least 4 members (excludes halogenated alkanes) is 4. The maximum atomic E-state index is 13.7. The quantitative estimate of drug-likeness (QED) is 0.496. The second kappa shape index (κ2) is 9.67. The van der Waals surface area contributed by atoms with E-state index in [1.807, 2.05) is 0 Å². The van der Waals surface area contributed by atoms with E-state index >= 15 is 0 Å². The van der Waals surface area contributed by atoms with Crippen LogP contribution >= 0.6 is 0 Å². The number of carbonyl (C=O) groups is 1. The van der Waals surface area contributed by atoms with Gasteiger partial charge in [-0.2, -0.15) is 0 Å². The van der Waals surface area contributed by atoms with Crippen molar-refractivity contribution in [1.82, 2.24) is 0 Å². The van der Waals surface area contributed by atoms with Crippen molar-refractivity contribution in [2.45, 2.75) is 39.0 Å². The zero-order valence-corrected chi connectivity index (χ0v) is 14.6. The van der Waals surface area contributed by atoms with Crippen molar-refractivity contribution in [1.29, 1.82) is 0 Å². The molecule has 0 saturated carbocycles. The summed E-state index contributed by atoms with van der Waals surface area (Å²) in [6.07, 6.45) is 5.91. The number of anilines is 2. The lowest BCUT2D eigenvalue weighted by molar-refractivity contribution is 0.102. The molecule has 25 heavy (non-hydrogen) atoms. The predicted octanol–water partition coefficient (Wildman–Crippen LogP) is 5.01. The number of carbonyl (C=O) groups excluding carboxylic acids is 1. The minimum atomic E-state index is -0.523. The zero-order chi connectivity index (χ0) is 18.1. The van der Waals surface area contributed by atoms with Crippen LogP contribution in [0.15, 0.2) is 42.5 Å². The van der Waals surface area contributed by atoms with E-state index in [4.69, 9.17) is 10.5 Å². The van der Waals surface area contributed by atoms with Gasteiger partial charge in [-0.15, -0.1) is 0 Å². The number of benzene rings is 2. The summed E-state index contributed by atoms with van der Waals surface area (Å²) >= 11 is 0. The van der Waals surface area contributed by atoms with E-state index in [-0.39, 0.29) is 5.69 Å². The predicted molar refractivity (Wildman–Crippen MR) is 99.5 cm³/mol. The van der Waals surface area contributed by atoms with Crippen LogP contribution in [0.2, 0.25) is 0 Å². The van der Waals surface area contributed by atoms with E-state index in [1.54, 1.807) is 24.3 Å². The van der Waals surface area contributed by atoms with Gasteiger partial charge in [0.25, 0.3) is 5.91 Å². The summed E-state index contributed by atoms with van der Waals surface area (Å²) in [7, 11) is 0. The fourth-order valence-electron chi connectivity index (χ4n) is 2.43. The van der Waals surface area contributed by atoms with Gasteiger partial charge in [0, 0.05) is 11.3 Å². The van der Waals surface area contributed by atoms with Crippen LogP contribution in [0.4, 0.5) is 15.8 Å². The van der Waals surface area contributed by atoms with Crippen LogP contribution in [0.1, 0.15) is 49.4 Å². The van der Waals surface area contributed by atoms with Crippen LogP contribution < -0.4 is 15.8 Å². The summed E-state index contributed by atoms with van der Waals surface area (Å²) in [5.41, 5.74) is 6.50. The fourth-order valence-corrected chi connectivity index (χ4v) is 2.43. The molecule has 0 saturated heterocycles. The highest BCUT2D eigenvalue weighted by molar-refractivity contribution is 6.04. The SMILES string of the molecule is CCCCCCCOc1ccc(C(=O)Nc2cc(N)ccc2F)cc1. The third-order valence-electron chi connectivity index (χ3n) is 3.87. The maximum Gasteiger partial charge on any atom is 0.255 e. The number of halogens is 1. The Morgan fingerprint density at radius 2 is 1.80 bits per heavy atom. The molecular weight excluding hydrogens is 319 g/mol. The van der Waals surface area contributed by atoms with Crippen molar-refractivity contribution in [3.63, 3.8) is 0 Å². The molecule has 0 atom stereocenters. The molecule has 0 aromatic heterocycles. The number of rotatable bonds is 9. The molecule has 0 bridgehead atoms. The highest BCUT2D eigenvalue weighted by Gasteiger charge is 2.10. The van der Waals surface area contributed by atoms with Gasteiger partial charge < -0.3 is 15.8 Å². The Hall–Kier alpha value is -2.56. The number of nitrogen functional groups attached to an aromatic ring is 1. The maximum absolute atomic E-state index is 13.7. The summed E-state index contributed by atoms with van der Waals surface area (Å²) in [5.74, 6) is -0.191. The summed E-state index contributed by atoms with van der Waals surface area (Å²) < 4.78 is 19.3. The number of nitrogens with one attached hydrogen (secondary N) is 1. The van der Waals surface area contributed by atoms with E-state index in [1.165, 1.54) is 43.9 Å². The first-order valence-corrected chi connectivity index (χ1v) is 8.69. The molecule has 2 aromatic carbocycles. The van der Waals surface area contributed by atoms with E-state index in [0.717, 1.165) is 12.2 Å². The molecule has 2 rings (SSSR count). The molecule has 1 amide bonds. The molecule has 2 aromatic rings. The number of amides is 1. The monoisotopic (exact) mass is 344 g/mol. The number of nitrogens with two attached hydrogens (primary N) is 1. The molecule has 0 spiro atoms. The molecular formula is C20H25FN2O2. The van der Waals surface area contributed by atoms with Gasteiger partial charge in [0.15, 0.2) is 0 Å². The molecule has 0 aliphatic heterocycles. The van der Waals surface area contributed by atoms with E-state index in [0.29, 0.717) is 17.9 Å². The smallest absolute Gasteiger partial charge is 0.255 e. The Morgan fingerprint density at radius 3 is 2.52 bits per heavy atom. The first kappa shape index (κ1) is 18.8. The largest absolute Gasteiger partial charge is 0.494 e. The van der Waals surface area contributed by atoms with Gasteiger partial charge in [-0.3, -0.25) is 4.79 Å². The Balaban J connectivity index is 1.84. The van der Waals surface area contributed by atoms with E-state index in [9.17, 15) is 9.18 Å². The van der Waals surface area contributed by atoms with E-state index in [2.05, 4.69) is 12.2 Å². The van der Waals surface area contributed by atoms with Crippen molar-refractivity contribution in [3.8, 4) is 5.75 Å². The van der Waals surface area contributed by atoms with Gasteiger partial charge in [0.1, 0.15) is 11.6 Å². The van der Waals surface area contributed by atoms with Crippen molar-refractivity contribution in [2.24, 2.45) is 0 Å². The molecule has 3 N–H and O–H groups in total. The first-order chi connectivity index (χ1) is 12.1. The van der Waals surface area contributed by atoms with Crippen LogP contribution in [0.3, 0.4) is 0 Å². The highest BCUT2D eigenvalue weighted by atomic mass is 19.1. The van der Waals surface area contributed by atoms with Crippen LogP contribution in [-0.2, 0) is 0 Å². The lowest BCUT2D eigenvalue weighted by Gasteiger charge is -2.09. The molecule has 0 aliphatic carbocycles. The molecule has 0 unspecified atom stereocenters. The lowest BCUT2D eigenvalue weighted by Crippen LogP contribution is -2.13. The average molecular weight is 344 g/mol. The third kappa shape index (κ3) is 6.10. The van der Waals surface area contributed by atoms with Gasteiger partial charge in [-0.25, -0.2) is 4.39 Å². The van der Waals surface area contributed by atoms with Gasteiger partial charge in [-0.1, -0.05) is 32.6 Å². The molecule has 4 nitrogen and oxygen atoms in total. The summed E-state index contributed by atoms with van der Waals surface area (Å²) in [4.78, 5) is 12.2. The van der Waals surface area contributed by atoms with Gasteiger partial charge >= 0.3 is 0 Å². The highest BCUT2D eigenvalue weighted by Crippen LogP contribution is 2.19. The van der Waals surface area contributed by atoms with Crippen molar-refractivity contribution in [2.75, 3.05) is 17.7 Å². The Kier molecular flexibility index (Phi) is 7.26. The summed E-state index contributed by atoms with van der Waals surface area (Å²) in [6.45, 7) is 2.86. The number of hydrogen-bond donors (Lipinski definition) is 2. The Morgan fingerprint density at radius 1 is 1.08 bits per heavy atom. The van der Waals surface area contributed by atoms with Crippen molar-refractivity contribution >= 4 is 17.3 Å². The van der Waals surface area contributed by atoms with Crippen molar-refractivity contribution in [3.05, 3.63) is 53.8 Å².